The van der Waals surface area contributed by atoms with E-state index in [0.29, 0.717) is 5.56 Å². The van der Waals surface area contributed by atoms with Crippen LogP contribution in [0.15, 0.2) is 47.6 Å². The van der Waals surface area contributed by atoms with Crippen molar-refractivity contribution in [3.63, 3.8) is 0 Å². The van der Waals surface area contributed by atoms with Crippen LogP contribution in [0.25, 0.3) is 0 Å². The van der Waals surface area contributed by atoms with E-state index in [2.05, 4.69) is 10.5 Å². The molecule has 2 aromatic carbocycles. The Labute approximate surface area is 131 Å². The fourth-order valence-electron chi connectivity index (χ4n) is 1.98. The quantitative estimate of drug-likeness (QED) is 0.672. The third-order valence-corrected chi connectivity index (χ3v) is 3.41. The Kier molecular flexibility index (Phi) is 4.83. The lowest BCUT2D eigenvalue weighted by atomic mass is 10.1. The molecule has 0 saturated carbocycles. The molecule has 0 radical (unpaired) electrons. The van der Waals surface area contributed by atoms with Gasteiger partial charge in [0.25, 0.3) is 5.91 Å². The van der Waals surface area contributed by atoms with Crippen LogP contribution in [0.4, 0.5) is 13.2 Å². The van der Waals surface area contributed by atoms with E-state index < -0.39 is 17.6 Å². The molecule has 23 heavy (non-hydrogen) atoms. The number of hydrogen-bond acceptors (Lipinski definition) is 2. The minimum Gasteiger partial charge on any atom is -0.267 e. The van der Waals surface area contributed by atoms with Crippen LogP contribution in [0.3, 0.4) is 0 Å². The van der Waals surface area contributed by atoms with Crippen molar-refractivity contribution in [1.29, 1.82) is 0 Å². The number of aryl methyl sites for hydroxylation is 2. The van der Waals surface area contributed by atoms with Crippen molar-refractivity contribution in [2.45, 2.75) is 20.0 Å². The third kappa shape index (κ3) is 4.18. The van der Waals surface area contributed by atoms with Gasteiger partial charge < -0.3 is 0 Å². The summed E-state index contributed by atoms with van der Waals surface area (Å²) in [4.78, 5) is 11.9. The van der Waals surface area contributed by atoms with Crippen LogP contribution in [0.2, 0.25) is 0 Å². The first-order valence-electron chi connectivity index (χ1n) is 6.86. The predicted molar refractivity (Wildman–Crippen MR) is 82.4 cm³/mol. The third-order valence-electron chi connectivity index (χ3n) is 3.41. The van der Waals surface area contributed by atoms with Gasteiger partial charge in [0.2, 0.25) is 0 Å². The summed E-state index contributed by atoms with van der Waals surface area (Å²) in [5.41, 5.74) is 3.71. The number of halogens is 3. The Morgan fingerprint density at radius 2 is 1.78 bits per heavy atom. The highest BCUT2D eigenvalue weighted by Crippen LogP contribution is 2.31. The average Bonchev–Trinajstić information content (AvgIpc) is 2.49. The molecule has 3 nitrogen and oxygen atoms in total. The average molecular weight is 320 g/mol. The predicted octanol–water partition coefficient (Wildman–Crippen LogP) is 4.09. The lowest BCUT2D eigenvalue weighted by Gasteiger charge is -2.09. The van der Waals surface area contributed by atoms with Crippen LogP contribution in [-0.4, -0.2) is 12.1 Å². The standard InChI is InChI=1S/C17H15F3N2O/c1-11-7-8-13(9-12(11)2)16(23)22-21-10-14-5-3-4-6-15(14)17(18,19)20/h3-10H,1-2H3,(H,22,23). The van der Waals surface area contributed by atoms with E-state index in [1.807, 2.05) is 13.8 Å². The first-order chi connectivity index (χ1) is 10.8. The largest absolute Gasteiger partial charge is 0.417 e. The van der Waals surface area contributed by atoms with Crippen molar-refractivity contribution in [2.75, 3.05) is 0 Å². The van der Waals surface area contributed by atoms with Gasteiger partial charge in [-0.3, -0.25) is 4.79 Å². The lowest BCUT2D eigenvalue weighted by Crippen LogP contribution is -2.18. The van der Waals surface area contributed by atoms with Crippen LogP contribution in [0, 0.1) is 13.8 Å². The molecule has 0 unspecified atom stereocenters. The number of benzene rings is 2. The monoisotopic (exact) mass is 320 g/mol. The maximum atomic E-state index is 12.8. The summed E-state index contributed by atoms with van der Waals surface area (Å²) in [5.74, 6) is -0.478. The van der Waals surface area contributed by atoms with Gasteiger partial charge in [0.15, 0.2) is 0 Å². The van der Waals surface area contributed by atoms with Gasteiger partial charge in [-0.25, -0.2) is 5.43 Å². The summed E-state index contributed by atoms with van der Waals surface area (Å²) >= 11 is 0. The van der Waals surface area contributed by atoms with Gasteiger partial charge in [0, 0.05) is 11.1 Å². The van der Waals surface area contributed by atoms with E-state index in [4.69, 9.17) is 0 Å². The highest BCUT2D eigenvalue weighted by Gasteiger charge is 2.32. The molecule has 6 heteroatoms. The molecular formula is C17H15F3N2O. The summed E-state index contributed by atoms with van der Waals surface area (Å²) in [6, 6.07) is 10.2. The number of amides is 1. The van der Waals surface area contributed by atoms with Gasteiger partial charge in [0.1, 0.15) is 0 Å². The molecule has 0 aromatic heterocycles. The second-order valence-corrected chi connectivity index (χ2v) is 5.08. The summed E-state index contributed by atoms with van der Waals surface area (Å²) < 4.78 is 38.5. The molecule has 0 aliphatic rings. The summed E-state index contributed by atoms with van der Waals surface area (Å²) in [6.07, 6.45) is -3.48. The van der Waals surface area contributed by atoms with Gasteiger partial charge in [-0.2, -0.15) is 18.3 Å². The zero-order valence-electron chi connectivity index (χ0n) is 12.6. The summed E-state index contributed by atoms with van der Waals surface area (Å²) in [5, 5.41) is 3.62. The Morgan fingerprint density at radius 1 is 1.09 bits per heavy atom. The number of hydrogen-bond donors (Lipinski definition) is 1. The highest BCUT2D eigenvalue weighted by atomic mass is 19.4. The number of carbonyl (C=O) groups excluding carboxylic acids is 1. The number of rotatable bonds is 3. The van der Waals surface area contributed by atoms with Crippen LogP contribution < -0.4 is 5.43 Å². The molecule has 1 amide bonds. The van der Waals surface area contributed by atoms with Crippen molar-refractivity contribution < 1.29 is 18.0 Å². The zero-order valence-corrected chi connectivity index (χ0v) is 12.6. The van der Waals surface area contributed by atoms with Crippen molar-refractivity contribution in [3.05, 3.63) is 70.3 Å². The first kappa shape index (κ1) is 16.7. The summed E-state index contributed by atoms with van der Waals surface area (Å²) in [7, 11) is 0. The van der Waals surface area contributed by atoms with Gasteiger partial charge in [-0.05, 0) is 43.2 Å². The van der Waals surface area contributed by atoms with E-state index in [9.17, 15) is 18.0 Å². The van der Waals surface area contributed by atoms with Gasteiger partial charge in [0.05, 0.1) is 11.8 Å². The van der Waals surface area contributed by atoms with Gasteiger partial charge >= 0.3 is 6.18 Å². The molecular weight excluding hydrogens is 305 g/mol. The highest BCUT2D eigenvalue weighted by molar-refractivity contribution is 5.95. The molecule has 0 atom stereocenters. The van der Waals surface area contributed by atoms with Gasteiger partial charge in [-0.15, -0.1) is 0 Å². The number of carbonyl (C=O) groups is 1. The first-order valence-corrected chi connectivity index (χ1v) is 6.86. The van der Waals surface area contributed by atoms with E-state index in [-0.39, 0.29) is 5.56 Å². The van der Waals surface area contributed by atoms with Crippen molar-refractivity contribution in [3.8, 4) is 0 Å². The molecule has 1 N–H and O–H groups in total. The zero-order chi connectivity index (χ0) is 17.0. The van der Waals surface area contributed by atoms with E-state index in [1.165, 1.54) is 18.2 Å². The number of hydrazone groups is 1. The van der Waals surface area contributed by atoms with Crippen LogP contribution in [0.1, 0.15) is 32.6 Å². The molecule has 0 saturated heterocycles. The van der Waals surface area contributed by atoms with Crippen LogP contribution in [0.5, 0.6) is 0 Å². The van der Waals surface area contributed by atoms with Crippen LogP contribution >= 0.6 is 0 Å². The maximum absolute atomic E-state index is 12.8. The molecule has 0 aliphatic carbocycles. The van der Waals surface area contributed by atoms with Crippen LogP contribution in [-0.2, 0) is 6.18 Å². The Bertz CT molecular complexity index is 752. The van der Waals surface area contributed by atoms with Crippen molar-refractivity contribution >= 4 is 12.1 Å². The van der Waals surface area contributed by atoms with E-state index in [0.717, 1.165) is 23.4 Å². The minimum atomic E-state index is -4.47. The second kappa shape index (κ2) is 6.64. The SMILES string of the molecule is Cc1ccc(C(=O)NN=Cc2ccccc2C(F)(F)F)cc1C. The lowest BCUT2D eigenvalue weighted by molar-refractivity contribution is -0.137. The Morgan fingerprint density at radius 3 is 2.43 bits per heavy atom. The Balaban J connectivity index is 2.13. The Hall–Kier alpha value is -2.63. The fraction of sp³-hybridized carbons (Fsp3) is 0.176. The second-order valence-electron chi connectivity index (χ2n) is 5.08. The van der Waals surface area contributed by atoms with E-state index in [1.54, 1.807) is 18.2 Å². The van der Waals surface area contributed by atoms with E-state index >= 15 is 0 Å². The molecule has 2 aromatic rings. The number of alkyl halides is 3. The normalized spacial score (nSPS) is 11.7. The maximum Gasteiger partial charge on any atom is 0.417 e. The molecule has 2 rings (SSSR count). The molecule has 0 spiro atoms. The van der Waals surface area contributed by atoms with Crippen molar-refractivity contribution in [1.82, 2.24) is 5.43 Å². The molecule has 0 aliphatic heterocycles. The van der Waals surface area contributed by atoms with Gasteiger partial charge in [-0.1, -0.05) is 24.3 Å². The fourth-order valence-corrected chi connectivity index (χ4v) is 1.98. The molecule has 0 heterocycles. The molecule has 120 valence electrons. The topological polar surface area (TPSA) is 41.5 Å². The number of nitrogens with one attached hydrogen (secondary N) is 1. The molecule has 0 fully saturated rings. The van der Waals surface area contributed by atoms with Crippen molar-refractivity contribution in [2.24, 2.45) is 5.10 Å². The summed E-state index contributed by atoms with van der Waals surface area (Å²) in [6.45, 7) is 3.79. The minimum absolute atomic E-state index is 0.111. The number of nitrogens with zero attached hydrogens (tertiary/aromatic N) is 1. The molecule has 0 bridgehead atoms. The smallest absolute Gasteiger partial charge is 0.267 e.